The van der Waals surface area contributed by atoms with Crippen molar-refractivity contribution in [1.29, 1.82) is 0 Å². The van der Waals surface area contributed by atoms with Gasteiger partial charge in [-0.05, 0) is 13.8 Å². The topological polar surface area (TPSA) is 68.0 Å². The lowest BCUT2D eigenvalue weighted by molar-refractivity contribution is -0.136. The molecule has 0 aliphatic heterocycles. The van der Waals surface area contributed by atoms with E-state index in [1.54, 1.807) is 6.20 Å². The van der Waals surface area contributed by atoms with Gasteiger partial charge in [0.05, 0.1) is 18.3 Å². The summed E-state index contributed by atoms with van der Waals surface area (Å²) in [6.45, 7) is 4.13. The van der Waals surface area contributed by atoms with Crippen molar-refractivity contribution in [1.82, 2.24) is 14.8 Å². The Bertz CT molecular complexity index is 545. The van der Waals surface area contributed by atoms with Gasteiger partial charge in [0.25, 0.3) is 0 Å². The minimum Gasteiger partial charge on any atom is -0.481 e. The van der Waals surface area contributed by atoms with Crippen molar-refractivity contribution in [2.24, 2.45) is 0 Å². The van der Waals surface area contributed by atoms with Crippen LogP contribution in [-0.2, 0) is 11.2 Å². The Hall–Kier alpha value is -1.69. The van der Waals surface area contributed by atoms with Gasteiger partial charge in [0, 0.05) is 29.6 Å². The van der Waals surface area contributed by atoms with Crippen LogP contribution in [0.1, 0.15) is 32.0 Å². The van der Waals surface area contributed by atoms with Crippen LogP contribution in [0.25, 0.3) is 10.6 Å². The van der Waals surface area contributed by atoms with Crippen molar-refractivity contribution >= 4 is 17.3 Å². The van der Waals surface area contributed by atoms with E-state index in [1.807, 2.05) is 16.3 Å². The van der Waals surface area contributed by atoms with Crippen molar-refractivity contribution in [3.05, 3.63) is 23.5 Å². The molecule has 0 spiro atoms. The Morgan fingerprint density at radius 3 is 2.94 bits per heavy atom. The van der Waals surface area contributed by atoms with Crippen LogP contribution < -0.4 is 0 Å². The van der Waals surface area contributed by atoms with Gasteiger partial charge >= 0.3 is 5.97 Å². The van der Waals surface area contributed by atoms with Gasteiger partial charge in [0.2, 0.25) is 0 Å². The van der Waals surface area contributed by atoms with Gasteiger partial charge in [-0.25, -0.2) is 4.98 Å². The zero-order valence-electron chi connectivity index (χ0n) is 10.3. The van der Waals surface area contributed by atoms with Crippen molar-refractivity contribution in [2.45, 2.75) is 32.7 Å². The lowest BCUT2D eigenvalue weighted by Gasteiger charge is -2.02. The molecule has 0 aliphatic rings. The molecule has 96 valence electrons. The number of aromatic nitrogens is 3. The number of rotatable bonds is 5. The fourth-order valence-corrected chi connectivity index (χ4v) is 2.35. The number of aryl methyl sites for hydroxylation is 1. The molecule has 0 amide bonds. The predicted octanol–water partition coefficient (Wildman–Crippen LogP) is 2.60. The summed E-state index contributed by atoms with van der Waals surface area (Å²) in [5.41, 5.74) is 1.81. The van der Waals surface area contributed by atoms with Crippen LogP contribution in [0.2, 0.25) is 0 Å². The molecule has 2 aromatic rings. The van der Waals surface area contributed by atoms with Crippen molar-refractivity contribution in [3.63, 3.8) is 0 Å². The van der Waals surface area contributed by atoms with Gasteiger partial charge in [0.1, 0.15) is 5.01 Å². The van der Waals surface area contributed by atoms with Gasteiger partial charge in [-0.3, -0.25) is 9.48 Å². The number of carbonyl (C=O) groups is 1. The average molecular weight is 265 g/mol. The standard InChI is InChI=1S/C12H15N3O2S/c1-8(2)15-6-9(5-13-15)12-14-10(7-18-12)3-4-11(16)17/h5-8H,3-4H2,1-2H3,(H,16,17). The van der Waals surface area contributed by atoms with Crippen LogP contribution in [0, 0.1) is 0 Å². The SMILES string of the molecule is CC(C)n1cc(-c2nc(CCC(=O)O)cs2)cn1. The molecule has 0 bridgehead atoms. The third-order valence-electron chi connectivity index (χ3n) is 2.52. The first kappa shape index (κ1) is 12.8. The second kappa shape index (κ2) is 5.30. The molecule has 1 N–H and O–H groups in total. The van der Waals surface area contributed by atoms with Crippen LogP contribution >= 0.6 is 11.3 Å². The van der Waals surface area contributed by atoms with Gasteiger partial charge in [-0.2, -0.15) is 5.10 Å². The highest BCUT2D eigenvalue weighted by molar-refractivity contribution is 7.13. The highest BCUT2D eigenvalue weighted by atomic mass is 32.1. The molecular formula is C12H15N3O2S. The Kier molecular flexibility index (Phi) is 3.76. The molecule has 0 fully saturated rings. The van der Waals surface area contributed by atoms with Crippen molar-refractivity contribution in [2.75, 3.05) is 0 Å². The second-order valence-electron chi connectivity index (χ2n) is 4.34. The molecule has 0 unspecified atom stereocenters. The second-order valence-corrected chi connectivity index (χ2v) is 5.20. The van der Waals surface area contributed by atoms with E-state index < -0.39 is 5.97 Å². The number of nitrogens with zero attached hydrogens (tertiary/aromatic N) is 3. The highest BCUT2D eigenvalue weighted by Crippen LogP contribution is 2.24. The summed E-state index contributed by atoms with van der Waals surface area (Å²) in [6.07, 6.45) is 4.35. The van der Waals surface area contributed by atoms with E-state index in [-0.39, 0.29) is 6.42 Å². The zero-order valence-corrected chi connectivity index (χ0v) is 11.1. The van der Waals surface area contributed by atoms with E-state index in [0.29, 0.717) is 12.5 Å². The number of thiazole rings is 1. The molecule has 0 saturated carbocycles. The van der Waals surface area contributed by atoms with E-state index in [1.165, 1.54) is 11.3 Å². The molecule has 18 heavy (non-hydrogen) atoms. The molecule has 6 heteroatoms. The molecule has 0 atom stereocenters. The molecule has 2 heterocycles. The summed E-state index contributed by atoms with van der Waals surface area (Å²) in [6, 6.07) is 0.324. The van der Waals surface area contributed by atoms with Crippen molar-refractivity contribution in [3.8, 4) is 10.6 Å². The molecule has 5 nitrogen and oxygen atoms in total. The molecule has 0 aromatic carbocycles. The minimum absolute atomic E-state index is 0.119. The molecule has 0 saturated heterocycles. The Morgan fingerprint density at radius 2 is 2.33 bits per heavy atom. The van der Waals surface area contributed by atoms with Gasteiger partial charge in [0.15, 0.2) is 0 Å². The van der Waals surface area contributed by atoms with Crippen LogP contribution in [-0.4, -0.2) is 25.8 Å². The molecule has 2 aromatic heterocycles. The summed E-state index contributed by atoms with van der Waals surface area (Å²) in [7, 11) is 0. The summed E-state index contributed by atoms with van der Waals surface area (Å²) in [4.78, 5) is 14.9. The third-order valence-corrected chi connectivity index (χ3v) is 3.46. The molecule has 2 rings (SSSR count). The Morgan fingerprint density at radius 1 is 1.56 bits per heavy atom. The Labute approximate surface area is 109 Å². The highest BCUT2D eigenvalue weighted by Gasteiger charge is 2.09. The van der Waals surface area contributed by atoms with Gasteiger partial charge in [-0.1, -0.05) is 0 Å². The first-order valence-electron chi connectivity index (χ1n) is 5.77. The maximum absolute atomic E-state index is 10.5. The zero-order chi connectivity index (χ0) is 13.1. The summed E-state index contributed by atoms with van der Waals surface area (Å²) < 4.78 is 1.88. The number of hydrogen-bond donors (Lipinski definition) is 1. The van der Waals surface area contributed by atoms with E-state index in [0.717, 1.165) is 16.3 Å². The van der Waals surface area contributed by atoms with Crippen LogP contribution in [0.5, 0.6) is 0 Å². The fourth-order valence-electron chi connectivity index (χ4n) is 1.52. The summed E-state index contributed by atoms with van der Waals surface area (Å²) >= 11 is 1.52. The van der Waals surface area contributed by atoms with Crippen LogP contribution in [0.15, 0.2) is 17.8 Å². The molecule has 0 aliphatic carbocycles. The van der Waals surface area contributed by atoms with E-state index in [4.69, 9.17) is 5.11 Å². The number of aliphatic carboxylic acids is 1. The van der Waals surface area contributed by atoms with E-state index in [9.17, 15) is 4.79 Å². The van der Waals surface area contributed by atoms with Gasteiger partial charge in [-0.15, -0.1) is 11.3 Å². The normalized spacial score (nSPS) is 11.1. The van der Waals surface area contributed by atoms with Crippen LogP contribution in [0.4, 0.5) is 0 Å². The van der Waals surface area contributed by atoms with Gasteiger partial charge < -0.3 is 5.11 Å². The van der Waals surface area contributed by atoms with Crippen LogP contribution in [0.3, 0.4) is 0 Å². The minimum atomic E-state index is -0.794. The summed E-state index contributed by atoms with van der Waals surface area (Å²) in [5, 5.41) is 15.7. The largest absolute Gasteiger partial charge is 0.481 e. The third kappa shape index (κ3) is 2.95. The Balaban J connectivity index is 2.11. The van der Waals surface area contributed by atoms with E-state index in [2.05, 4.69) is 23.9 Å². The monoisotopic (exact) mass is 265 g/mol. The molecule has 0 radical (unpaired) electrons. The number of hydrogen-bond acceptors (Lipinski definition) is 4. The smallest absolute Gasteiger partial charge is 0.303 e. The molecular weight excluding hydrogens is 250 g/mol. The van der Waals surface area contributed by atoms with Crippen molar-refractivity contribution < 1.29 is 9.90 Å². The maximum atomic E-state index is 10.5. The first-order valence-corrected chi connectivity index (χ1v) is 6.65. The predicted molar refractivity (Wildman–Crippen MR) is 69.7 cm³/mol. The fraction of sp³-hybridized carbons (Fsp3) is 0.417. The summed E-state index contributed by atoms with van der Waals surface area (Å²) in [5.74, 6) is -0.794. The quantitative estimate of drug-likeness (QED) is 0.902. The number of carboxylic acids is 1. The first-order chi connectivity index (χ1) is 8.56. The average Bonchev–Trinajstić information content (AvgIpc) is 2.95. The number of carboxylic acid groups (broad SMARTS) is 1. The maximum Gasteiger partial charge on any atom is 0.303 e. The lowest BCUT2D eigenvalue weighted by Crippen LogP contribution is -1.99. The van der Waals surface area contributed by atoms with E-state index >= 15 is 0 Å². The lowest BCUT2D eigenvalue weighted by atomic mass is 10.2.